The maximum Gasteiger partial charge on any atom is 0.268 e. The van der Waals surface area contributed by atoms with E-state index in [2.05, 4.69) is 20.3 Å². The summed E-state index contributed by atoms with van der Waals surface area (Å²) in [5, 5.41) is 5.74. The highest BCUT2D eigenvalue weighted by Crippen LogP contribution is 2.46. The van der Waals surface area contributed by atoms with Crippen molar-refractivity contribution < 1.29 is 32.3 Å². The number of sulfonamides is 1. The zero-order valence-electron chi connectivity index (χ0n) is 24.7. The first-order valence-corrected chi connectivity index (χ1v) is 16.2. The van der Waals surface area contributed by atoms with E-state index in [1.807, 2.05) is 13.8 Å². The first-order valence-electron chi connectivity index (χ1n) is 14.7. The number of anilines is 1. The van der Waals surface area contributed by atoms with Crippen LogP contribution >= 0.6 is 0 Å². The maximum absolute atomic E-state index is 14.3. The van der Waals surface area contributed by atoms with Gasteiger partial charge in [0.25, 0.3) is 11.8 Å². The standard InChI is InChI=1S/C31H35N5O7S/c1-17(2)13-24(33-27(37)23-14-19-21(32-23)9-6-10-26(19)43-3)29(39)36-16-31(20-7-4-5-8-22(20)34-30(31)40)15-25(36)28(38)35-44(41,42)18-11-12-18/h4-10,14,17-18,24-25,32H,11-13,15-16H2,1-3H3,(H,33,37)(H,34,40)(H,35,38)/t24-,25-,31-/m0/s1. The lowest BCUT2D eigenvalue weighted by atomic mass is 9.79. The molecule has 1 aliphatic carbocycles. The van der Waals surface area contributed by atoms with E-state index in [9.17, 15) is 27.6 Å². The summed E-state index contributed by atoms with van der Waals surface area (Å²) in [6, 6.07) is 11.8. The number of benzene rings is 2. The highest BCUT2D eigenvalue weighted by atomic mass is 32.2. The van der Waals surface area contributed by atoms with Crippen LogP contribution in [0.3, 0.4) is 0 Å². The molecule has 2 aromatic carbocycles. The Morgan fingerprint density at radius 1 is 1.11 bits per heavy atom. The van der Waals surface area contributed by atoms with Crippen molar-refractivity contribution in [2.45, 2.75) is 62.3 Å². The predicted octanol–water partition coefficient (Wildman–Crippen LogP) is 2.42. The summed E-state index contributed by atoms with van der Waals surface area (Å²) in [6.45, 7) is 3.65. The molecule has 0 radical (unpaired) electrons. The van der Waals surface area contributed by atoms with Crippen LogP contribution in [0.1, 0.15) is 55.6 Å². The molecule has 12 nitrogen and oxygen atoms in total. The van der Waals surface area contributed by atoms with E-state index in [1.54, 1.807) is 48.5 Å². The maximum atomic E-state index is 14.3. The van der Waals surface area contributed by atoms with Crippen LogP contribution in [0.4, 0.5) is 5.69 Å². The van der Waals surface area contributed by atoms with Crippen molar-refractivity contribution in [3.8, 4) is 5.75 Å². The van der Waals surface area contributed by atoms with Crippen molar-refractivity contribution in [3.63, 3.8) is 0 Å². The summed E-state index contributed by atoms with van der Waals surface area (Å²) >= 11 is 0. The number of carbonyl (C=O) groups is 4. The van der Waals surface area contributed by atoms with Crippen LogP contribution in [0.2, 0.25) is 0 Å². The zero-order chi connectivity index (χ0) is 31.4. The predicted molar refractivity (Wildman–Crippen MR) is 163 cm³/mol. The molecule has 3 aliphatic rings. The molecule has 4 N–H and O–H groups in total. The summed E-state index contributed by atoms with van der Waals surface area (Å²) < 4.78 is 33.0. The molecule has 3 aromatic rings. The van der Waals surface area contributed by atoms with Crippen LogP contribution in [-0.4, -0.2) is 72.9 Å². The number of likely N-dealkylation sites (tertiary alicyclic amines) is 1. The molecule has 2 fully saturated rings. The van der Waals surface area contributed by atoms with Gasteiger partial charge in [-0.25, -0.2) is 8.42 Å². The number of hydrogen-bond acceptors (Lipinski definition) is 7. The highest BCUT2D eigenvalue weighted by molar-refractivity contribution is 7.90. The number of aromatic nitrogens is 1. The number of carbonyl (C=O) groups excluding carboxylic acids is 4. The monoisotopic (exact) mass is 621 g/mol. The van der Waals surface area contributed by atoms with E-state index in [-0.39, 0.29) is 36.9 Å². The van der Waals surface area contributed by atoms with E-state index in [0.29, 0.717) is 40.7 Å². The summed E-state index contributed by atoms with van der Waals surface area (Å²) in [5.41, 5.74) is 0.870. The number of para-hydroxylation sites is 1. The molecular weight excluding hydrogens is 586 g/mol. The van der Waals surface area contributed by atoms with Gasteiger partial charge in [-0.15, -0.1) is 0 Å². The fraction of sp³-hybridized carbons (Fsp3) is 0.419. The summed E-state index contributed by atoms with van der Waals surface area (Å²) in [4.78, 5) is 59.2. The van der Waals surface area contributed by atoms with Crippen LogP contribution in [0, 0.1) is 5.92 Å². The molecule has 3 atom stereocenters. The number of aromatic amines is 1. The Kier molecular flexibility index (Phi) is 7.39. The molecule has 3 heterocycles. The van der Waals surface area contributed by atoms with Crippen molar-refractivity contribution in [3.05, 3.63) is 59.8 Å². The second-order valence-electron chi connectivity index (χ2n) is 12.2. The highest BCUT2D eigenvalue weighted by Gasteiger charge is 2.58. The number of ether oxygens (including phenoxy) is 1. The second kappa shape index (κ2) is 11.0. The van der Waals surface area contributed by atoms with Crippen LogP contribution in [0.15, 0.2) is 48.5 Å². The summed E-state index contributed by atoms with van der Waals surface area (Å²) in [5.74, 6) is -1.78. The molecule has 44 heavy (non-hydrogen) atoms. The molecule has 2 aliphatic heterocycles. The lowest BCUT2D eigenvalue weighted by molar-refractivity contribution is -0.139. The Morgan fingerprint density at radius 2 is 1.86 bits per heavy atom. The molecule has 13 heteroatoms. The summed E-state index contributed by atoms with van der Waals surface area (Å²) in [6.07, 6.45) is 1.06. The number of nitrogens with zero attached hydrogens (tertiary/aromatic N) is 1. The SMILES string of the molecule is COc1cccc2[nH]c(C(=O)N[C@@H](CC(C)C)C(=O)N3C[C@]4(C[C@H]3C(=O)NS(=O)(=O)C3CC3)C(=O)Nc3ccccc34)cc12. The first-order chi connectivity index (χ1) is 20.9. The van der Waals surface area contributed by atoms with Gasteiger partial charge in [0.1, 0.15) is 23.5 Å². The minimum Gasteiger partial charge on any atom is -0.496 e. The van der Waals surface area contributed by atoms with E-state index in [0.717, 1.165) is 0 Å². The average molecular weight is 622 g/mol. The van der Waals surface area contributed by atoms with Crippen LogP contribution in [0.25, 0.3) is 10.9 Å². The zero-order valence-corrected chi connectivity index (χ0v) is 25.5. The molecule has 232 valence electrons. The van der Waals surface area contributed by atoms with E-state index >= 15 is 0 Å². The molecular formula is C31H35N5O7S. The molecule has 1 saturated heterocycles. The van der Waals surface area contributed by atoms with Gasteiger partial charge in [0.2, 0.25) is 21.8 Å². The van der Waals surface area contributed by atoms with Gasteiger partial charge in [-0.05, 0) is 61.4 Å². The van der Waals surface area contributed by atoms with Crippen molar-refractivity contribution in [2.24, 2.45) is 5.92 Å². The van der Waals surface area contributed by atoms with Gasteiger partial charge >= 0.3 is 0 Å². The van der Waals surface area contributed by atoms with Gasteiger partial charge in [-0.1, -0.05) is 38.1 Å². The Morgan fingerprint density at radius 3 is 2.57 bits per heavy atom. The fourth-order valence-corrected chi connectivity index (χ4v) is 7.67. The third-order valence-corrected chi connectivity index (χ3v) is 10.5. The first kappa shape index (κ1) is 29.7. The second-order valence-corrected chi connectivity index (χ2v) is 14.2. The number of amides is 4. The number of H-pyrrole nitrogens is 1. The largest absolute Gasteiger partial charge is 0.496 e. The minimum atomic E-state index is -3.92. The molecule has 1 spiro atoms. The van der Waals surface area contributed by atoms with E-state index < -0.39 is 50.5 Å². The third-order valence-electron chi connectivity index (χ3n) is 8.67. The molecule has 1 saturated carbocycles. The van der Waals surface area contributed by atoms with Gasteiger partial charge in [0.15, 0.2) is 0 Å². The number of methoxy groups -OCH3 is 1. The van der Waals surface area contributed by atoms with Crippen molar-refractivity contribution in [1.29, 1.82) is 0 Å². The van der Waals surface area contributed by atoms with Gasteiger partial charge in [-0.3, -0.25) is 23.9 Å². The molecule has 0 unspecified atom stereocenters. The quantitative estimate of drug-likeness (QED) is 0.285. The van der Waals surface area contributed by atoms with Crippen molar-refractivity contribution in [2.75, 3.05) is 19.0 Å². The number of hydrogen-bond donors (Lipinski definition) is 4. The molecule has 4 amide bonds. The lowest BCUT2D eigenvalue weighted by Gasteiger charge is -2.29. The number of fused-ring (bicyclic) bond motifs is 3. The molecule has 0 bridgehead atoms. The fourth-order valence-electron chi connectivity index (χ4n) is 6.33. The van der Waals surface area contributed by atoms with Gasteiger partial charge in [0, 0.05) is 23.1 Å². The van der Waals surface area contributed by atoms with E-state index in [1.165, 1.54) is 12.0 Å². The number of rotatable bonds is 9. The van der Waals surface area contributed by atoms with Crippen LogP contribution in [0.5, 0.6) is 5.75 Å². The third kappa shape index (κ3) is 5.18. The van der Waals surface area contributed by atoms with Crippen molar-refractivity contribution >= 4 is 50.2 Å². The Labute approximate surface area is 254 Å². The van der Waals surface area contributed by atoms with Gasteiger partial charge in [0.05, 0.1) is 17.8 Å². The summed E-state index contributed by atoms with van der Waals surface area (Å²) in [7, 11) is -2.38. The average Bonchev–Trinajstić information content (AvgIpc) is 3.55. The minimum absolute atomic E-state index is 0.0263. The van der Waals surface area contributed by atoms with E-state index in [4.69, 9.17) is 4.74 Å². The Hall–Kier alpha value is -4.39. The van der Waals surface area contributed by atoms with Gasteiger partial charge in [-0.2, -0.15) is 0 Å². The van der Waals surface area contributed by atoms with Gasteiger partial charge < -0.3 is 25.3 Å². The van der Waals surface area contributed by atoms with Crippen molar-refractivity contribution in [1.82, 2.24) is 19.9 Å². The Balaban J connectivity index is 1.33. The smallest absolute Gasteiger partial charge is 0.268 e. The molecule has 6 rings (SSSR count). The normalized spacial score (nSPS) is 21.8. The Bertz CT molecular complexity index is 1780. The lowest BCUT2D eigenvalue weighted by Crippen LogP contribution is -2.54. The van der Waals surface area contributed by atoms with Crippen LogP contribution < -0.4 is 20.1 Å². The van der Waals surface area contributed by atoms with Crippen LogP contribution in [-0.2, 0) is 29.8 Å². The molecule has 1 aromatic heterocycles. The topological polar surface area (TPSA) is 167 Å². The number of nitrogens with one attached hydrogen (secondary N) is 4.